The average Bonchev–Trinajstić information content (AvgIpc) is 3.59. The van der Waals surface area contributed by atoms with Crippen LogP contribution >= 0.6 is 0 Å². The molecule has 0 saturated heterocycles. The predicted octanol–water partition coefficient (Wildman–Crippen LogP) is 11.3. The highest BCUT2D eigenvalue weighted by Crippen LogP contribution is 2.38. The Morgan fingerprint density at radius 1 is 0.520 bits per heavy atom. The molecule has 0 N–H and O–H groups in total. The van der Waals surface area contributed by atoms with Crippen molar-refractivity contribution in [3.05, 3.63) is 125 Å². The Labute approximate surface area is 296 Å². The first-order chi connectivity index (χ1) is 24.0. The van der Waals surface area contributed by atoms with Gasteiger partial charge in [0.1, 0.15) is 11.8 Å². The number of rotatable bonds is 8. The van der Waals surface area contributed by atoms with Gasteiger partial charge in [-0.05, 0) is 69.5 Å². The molecule has 3 aromatic heterocycles. The van der Waals surface area contributed by atoms with Crippen molar-refractivity contribution in [1.82, 2.24) is 23.8 Å². The monoisotopic (exact) mass is 662 g/mol. The summed E-state index contributed by atoms with van der Waals surface area (Å²) in [7, 11) is 0. The molecule has 0 fully saturated rings. The Morgan fingerprint density at radius 3 is 1.52 bits per heavy atom. The summed E-state index contributed by atoms with van der Waals surface area (Å²) in [4.78, 5) is 9.74. The van der Waals surface area contributed by atoms with Gasteiger partial charge in [0.25, 0.3) is 0 Å². The maximum absolute atomic E-state index is 5.78. The minimum absolute atomic E-state index is 0.268. The molecular formula is C44H50N6. The van der Waals surface area contributed by atoms with Crippen LogP contribution in [-0.2, 0) is 0 Å². The van der Waals surface area contributed by atoms with Crippen molar-refractivity contribution in [2.45, 2.75) is 98.8 Å². The standard InChI is InChI=1S/C44H50N6/c1-26(2)31-22-36(29(7)8)42(37(23-31)30(9)10)49-43-40(24-45-25-46-43)48(41-32(27(3)4)18-15-19-33(41)28(5)6)44(49)47-50-38-20-13-11-16-34(38)35-17-12-14-21-39(35)50/h11-30H,1-10H3/b47-44-. The van der Waals surface area contributed by atoms with Crippen LogP contribution in [0.2, 0.25) is 0 Å². The number of benzene rings is 4. The molecule has 50 heavy (non-hydrogen) atoms. The number of fused-ring (bicyclic) bond motifs is 4. The van der Waals surface area contributed by atoms with E-state index < -0.39 is 0 Å². The van der Waals surface area contributed by atoms with Crippen LogP contribution in [0, 0.1) is 0 Å². The maximum atomic E-state index is 5.78. The molecule has 0 atom stereocenters. The van der Waals surface area contributed by atoms with E-state index in [9.17, 15) is 0 Å². The van der Waals surface area contributed by atoms with Gasteiger partial charge in [-0.3, -0.25) is 9.13 Å². The second-order valence-corrected chi connectivity index (χ2v) is 15.3. The van der Waals surface area contributed by atoms with Crippen LogP contribution in [0.3, 0.4) is 0 Å². The van der Waals surface area contributed by atoms with Crippen LogP contribution in [0.15, 0.2) is 96.5 Å². The summed E-state index contributed by atoms with van der Waals surface area (Å²) in [5, 5.41) is 8.14. The minimum atomic E-state index is 0.268. The Morgan fingerprint density at radius 2 is 1.02 bits per heavy atom. The van der Waals surface area contributed by atoms with E-state index in [1.165, 1.54) is 38.6 Å². The first-order valence-corrected chi connectivity index (χ1v) is 18.3. The van der Waals surface area contributed by atoms with Crippen molar-refractivity contribution in [2.75, 3.05) is 0 Å². The molecule has 7 rings (SSSR count). The lowest BCUT2D eigenvalue weighted by atomic mass is 9.87. The largest absolute Gasteiger partial charge is 0.273 e. The third-order valence-corrected chi connectivity index (χ3v) is 10.2. The molecule has 6 nitrogen and oxygen atoms in total. The van der Waals surface area contributed by atoms with Crippen molar-refractivity contribution < 1.29 is 0 Å². The molecule has 0 saturated carbocycles. The normalized spacial score (nSPS) is 12.8. The van der Waals surface area contributed by atoms with E-state index in [2.05, 4.69) is 167 Å². The topological polar surface area (TPSA) is 52.9 Å². The van der Waals surface area contributed by atoms with E-state index in [0.29, 0.717) is 5.92 Å². The van der Waals surface area contributed by atoms with Gasteiger partial charge in [0, 0.05) is 10.8 Å². The van der Waals surface area contributed by atoms with Gasteiger partial charge in [0.05, 0.1) is 28.6 Å². The molecule has 0 bridgehead atoms. The number of nitrogens with zero attached hydrogens (tertiary/aromatic N) is 6. The average molecular weight is 663 g/mol. The SMILES string of the molecule is CC(C)c1cc(C(C)C)c(-n2/c(=N\n3c4ccccc4c4ccccc43)n(-c3c(C(C)C)cccc3C(C)C)c3cncnc32)c(C(C)C)c1. The van der Waals surface area contributed by atoms with Crippen molar-refractivity contribution in [3.8, 4) is 11.4 Å². The van der Waals surface area contributed by atoms with Gasteiger partial charge in [0.15, 0.2) is 5.65 Å². The highest BCUT2D eigenvalue weighted by atomic mass is 15.4. The first kappa shape index (κ1) is 33.5. The lowest BCUT2D eigenvalue weighted by Gasteiger charge is -2.24. The molecule has 0 radical (unpaired) electrons. The first-order valence-electron chi connectivity index (χ1n) is 18.3. The second kappa shape index (κ2) is 13.1. The summed E-state index contributed by atoms with van der Waals surface area (Å²) in [6.45, 7) is 22.9. The van der Waals surface area contributed by atoms with Gasteiger partial charge < -0.3 is 0 Å². The highest BCUT2D eigenvalue weighted by Gasteiger charge is 2.27. The van der Waals surface area contributed by atoms with Crippen LogP contribution in [-0.4, -0.2) is 23.8 Å². The summed E-state index contributed by atoms with van der Waals surface area (Å²) >= 11 is 0. The van der Waals surface area contributed by atoms with E-state index in [1.54, 1.807) is 6.33 Å². The van der Waals surface area contributed by atoms with Gasteiger partial charge in [-0.2, -0.15) is 0 Å². The molecule has 0 aliphatic carbocycles. The fourth-order valence-electron chi connectivity index (χ4n) is 7.51. The van der Waals surface area contributed by atoms with Gasteiger partial charge >= 0.3 is 0 Å². The predicted molar refractivity (Wildman–Crippen MR) is 209 cm³/mol. The molecule has 0 aliphatic heterocycles. The number of hydrogen-bond acceptors (Lipinski definition) is 3. The summed E-state index contributed by atoms with van der Waals surface area (Å²) in [6, 6.07) is 28.7. The number of imidazole rings is 1. The van der Waals surface area contributed by atoms with E-state index in [0.717, 1.165) is 39.2 Å². The molecule has 7 aromatic rings. The van der Waals surface area contributed by atoms with E-state index in [1.807, 2.05) is 6.20 Å². The number of hydrogen-bond donors (Lipinski definition) is 0. The molecule has 0 aliphatic rings. The fourth-order valence-corrected chi connectivity index (χ4v) is 7.51. The lowest BCUT2D eigenvalue weighted by molar-refractivity contribution is 0.733. The number of para-hydroxylation sites is 3. The van der Waals surface area contributed by atoms with Crippen molar-refractivity contribution in [3.63, 3.8) is 0 Å². The zero-order valence-corrected chi connectivity index (χ0v) is 31.2. The maximum Gasteiger partial charge on any atom is 0.239 e. The Balaban J connectivity index is 1.79. The van der Waals surface area contributed by atoms with Gasteiger partial charge in [-0.1, -0.05) is 136 Å². The van der Waals surface area contributed by atoms with Gasteiger partial charge in [0.2, 0.25) is 5.62 Å². The van der Waals surface area contributed by atoms with Crippen LogP contribution < -0.4 is 5.62 Å². The zero-order chi connectivity index (χ0) is 35.4. The van der Waals surface area contributed by atoms with Crippen molar-refractivity contribution in [1.29, 1.82) is 0 Å². The molecule has 0 spiro atoms. The Hall–Kier alpha value is -4.97. The van der Waals surface area contributed by atoms with E-state index >= 15 is 0 Å². The quantitative estimate of drug-likeness (QED) is 0.163. The Kier molecular flexibility index (Phi) is 8.75. The van der Waals surface area contributed by atoms with Crippen LogP contribution in [0.5, 0.6) is 0 Å². The van der Waals surface area contributed by atoms with Gasteiger partial charge in [-0.25, -0.2) is 14.6 Å². The second-order valence-electron chi connectivity index (χ2n) is 15.3. The molecule has 256 valence electrons. The third-order valence-electron chi connectivity index (χ3n) is 10.2. The van der Waals surface area contributed by atoms with Crippen LogP contribution in [0.1, 0.15) is 127 Å². The lowest BCUT2D eigenvalue weighted by Crippen LogP contribution is -2.29. The fraction of sp³-hybridized carbons (Fsp3) is 0.341. The smallest absolute Gasteiger partial charge is 0.239 e. The molecule has 3 heterocycles. The summed E-state index contributed by atoms with van der Waals surface area (Å²) in [6.07, 6.45) is 3.65. The Bertz CT molecular complexity index is 2320. The molecular weight excluding hydrogens is 613 g/mol. The van der Waals surface area contributed by atoms with E-state index in [4.69, 9.17) is 10.1 Å². The summed E-state index contributed by atoms with van der Waals surface area (Å²) in [5.41, 5.74) is 13.5. The zero-order valence-electron chi connectivity index (χ0n) is 31.2. The van der Waals surface area contributed by atoms with Crippen LogP contribution in [0.4, 0.5) is 0 Å². The minimum Gasteiger partial charge on any atom is -0.273 e. The molecule has 4 aromatic carbocycles. The van der Waals surface area contributed by atoms with Gasteiger partial charge in [-0.15, -0.1) is 5.10 Å². The molecule has 6 heteroatoms. The molecule has 0 amide bonds. The third kappa shape index (κ3) is 5.46. The number of aromatic nitrogens is 5. The van der Waals surface area contributed by atoms with E-state index in [-0.39, 0.29) is 23.7 Å². The molecule has 0 unspecified atom stereocenters. The van der Waals surface area contributed by atoms with Crippen LogP contribution in [0.25, 0.3) is 44.3 Å². The summed E-state index contributed by atoms with van der Waals surface area (Å²) < 4.78 is 6.84. The highest BCUT2D eigenvalue weighted by molar-refractivity contribution is 6.07. The summed E-state index contributed by atoms with van der Waals surface area (Å²) in [5.74, 6) is 1.50. The van der Waals surface area contributed by atoms with Crippen molar-refractivity contribution in [2.24, 2.45) is 5.10 Å². The van der Waals surface area contributed by atoms with Crippen molar-refractivity contribution >= 4 is 33.0 Å².